The van der Waals surface area contributed by atoms with Gasteiger partial charge in [0.05, 0.1) is 10.8 Å². The Labute approximate surface area is 243 Å². The second-order valence-corrected chi connectivity index (χ2v) is 12.6. The van der Waals surface area contributed by atoms with Crippen LogP contribution < -0.4 is 14.8 Å². The van der Waals surface area contributed by atoms with E-state index in [9.17, 15) is 8.42 Å². The fourth-order valence-corrected chi connectivity index (χ4v) is 5.49. The molecule has 0 amide bonds. The smallest absolute Gasteiger partial charge is 0.147 e. The number of nitrogens with one attached hydrogen (secondary N) is 1. The van der Waals surface area contributed by atoms with Gasteiger partial charge in [-0.1, -0.05) is 66.2 Å². The van der Waals surface area contributed by atoms with Crippen LogP contribution in [0.2, 0.25) is 5.02 Å². The van der Waals surface area contributed by atoms with E-state index in [2.05, 4.69) is 44.4 Å². The standard InChI is InChI=1S/C30H30BrClN2O4S/c1-39(35,36)15-7-14-34-19-25-16-27(32)29(17-28(25)37-20-22-8-6-13-33-18-22)38-21-24-11-5-12-26(30(24)31)23-9-3-2-4-10-23/h2-6,8-13,16-18,34H,7,14-15,19-21H2,1H3. The molecule has 0 bridgehead atoms. The number of pyridine rings is 1. The Hall–Kier alpha value is -2.91. The van der Waals surface area contributed by atoms with Gasteiger partial charge < -0.3 is 14.8 Å². The third kappa shape index (κ3) is 8.80. The summed E-state index contributed by atoms with van der Waals surface area (Å²) in [5.74, 6) is 1.28. The molecule has 1 heterocycles. The molecule has 0 aliphatic heterocycles. The lowest BCUT2D eigenvalue weighted by molar-refractivity contribution is 0.287. The van der Waals surface area contributed by atoms with Gasteiger partial charge in [-0.25, -0.2) is 8.42 Å². The molecule has 0 saturated carbocycles. The Morgan fingerprint density at radius 1 is 0.923 bits per heavy atom. The zero-order chi connectivity index (χ0) is 27.7. The van der Waals surface area contributed by atoms with Crippen LogP contribution in [0.15, 0.2) is 89.7 Å². The normalized spacial score (nSPS) is 11.4. The molecule has 0 saturated heterocycles. The molecule has 204 valence electrons. The van der Waals surface area contributed by atoms with Crippen molar-refractivity contribution in [2.24, 2.45) is 0 Å². The summed E-state index contributed by atoms with van der Waals surface area (Å²) in [7, 11) is -2.99. The number of halogens is 2. The summed E-state index contributed by atoms with van der Waals surface area (Å²) < 4.78 is 36.1. The zero-order valence-corrected chi connectivity index (χ0v) is 24.7. The van der Waals surface area contributed by atoms with Gasteiger partial charge in [0.2, 0.25) is 0 Å². The van der Waals surface area contributed by atoms with Gasteiger partial charge in [0.1, 0.15) is 34.6 Å². The second kappa shape index (κ2) is 13.9. The molecule has 9 heteroatoms. The Kier molecular flexibility index (Phi) is 10.4. The van der Waals surface area contributed by atoms with E-state index in [0.717, 1.165) is 32.3 Å². The van der Waals surface area contributed by atoms with Crippen LogP contribution in [-0.4, -0.2) is 32.0 Å². The highest BCUT2D eigenvalue weighted by Crippen LogP contribution is 2.36. The van der Waals surface area contributed by atoms with Crippen molar-refractivity contribution in [2.45, 2.75) is 26.2 Å². The monoisotopic (exact) mass is 628 g/mol. The van der Waals surface area contributed by atoms with Gasteiger partial charge in [-0.2, -0.15) is 0 Å². The average Bonchev–Trinajstić information content (AvgIpc) is 2.93. The molecule has 4 aromatic rings. The van der Waals surface area contributed by atoms with Crippen molar-refractivity contribution in [1.82, 2.24) is 10.3 Å². The number of hydrogen-bond acceptors (Lipinski definition) is 6. The Morgan fingerprint density at radius 2 is 1.72 bits per heavy atom. The molecule has 0 spiro atoms. The average molecular weight is 630 g/mol. The second-order valence-electron chi connectivity index (χ2n) is 9.13. The maximum atomic E-state index is 11.4. The molecule has 39 heavy (non-hydrogen) atoms. The number of hydrogen-bond donors (Lipinski definition) is 1. The molecule has 1 aromatic heterocycles. The SMILES string of the molecule is CS(=O)(=O)CCCNCc1cc(Cl)c(OCc2cccc(-c3ccccc3)c2Br)cc1OCc1cccnc1. The maximum absolute atomic E-state index is 11.4. The molecule has 0 aliphatic rings. The third-order valence-electron chi connectivity index (χ3n) is 5.96. The largest absolute Gasteiger partial charge is 0.488 e. The number of nitrogens with zero attached hydrogens (tertiary/aromatic N) is 1. The molecule has 0 fully saturated rings. The fraction of sp³-hybridized carbons (Fsp3) is 0.233. The van der Waals surface area contributed by atoms with Gasteiger partial charge in [0.25, 0.3) is 0 Å². The molecular formula is C30H30BrClN2O4S. The topological polar surface area (TPSA) is 77.5 Å². The minimum absolute atomic E-state index is 0.138. The van der Waals surface area contributed by atoms with Crippen LogP contribution >= 0.6 is 27.5 Å². The summed E-state index contributed by atoms with van der Waals surface area (Å²) in [6, 6.07) is 23.7. The van der Waals surface area contributed by atoms with Crippen molar-refractivity contribution in [2.75, 3.05) is 18.6 Å². The minimum Gasteiger partial charge on any atom is -0.488 e. The van der Waals surface area contributed by atoms with Crippen molar-refractivity contribution in [3.8, 4) is 22.6 Å². The van der Waals surface area contributed by atoms with E-state index in [0.29, 0.717) is 49.2 Å². The molecule has 0 atom stereocenters. The van der Waals surface area contributed by atoms with Gasteiger partial charge in [-0.05, 0) is 52.2 Å². The van der Waals surface area contributed by atoms with Crippen LogP contribution in [0, 0.1) is 0 Å². The lowest BCUT2D eigenvalue weighted by atomic mass is 10.0. The number of benzene rings is 3. The summed E-state index contributed by atoms with van der Waals surface area (Å²) in [5, 5.41) is 3.75. The predicted octanol–water partition coefficient (Wildman–Crippen LogP) is 6.85. The first-order valence-corrected chi connectivity index (χ1v) is 15.7. The molecule has 0 unspecified atom stereocenters. The van der Waals surface area contributed by atoms with Gasteiger partial charge >= 0.3 is 0 Å². The van der Waals surface area contributed by atoms with Crippen LogP contribution in [-0.2, 0) is 29.6 Å². The molecular weight excluding hydrogens is 600 g/mol. The van der Waals surface area contributed by atoms with E-state index in [1.807, 2.05) is 48.5 Å². The summed E-state index contributed by atoms with van der Waals surface area (Å²) >= 11 is 10.4. The van der Waals surface area contributed by atoms with Gasteiger partial charge in [-0.15, -0.1) is 0 Å². The summed E-state index contributed by atoms with van der Waals surface area (Å²) in [6.07, 6.45) is 5.24. The first-order chi connectivity index (χ1) is 18.8. The van der Waals surface area contributed by atoms with Crippen molar-refractivity contribution in [3.05, 3.63) is 111 Å². The Balaban J connectivity index is 1.50. The lowest BCUT2D eigenvalue weighted by Crippen LogP contribution is -2.18. The number of ether oxygens (including phenoxy) is 2. The van der Waals surface area contributed by atoms with Crippen LogP contribution in [0.25, 0.3) is 11.1 Å². The van der Waals surface area contributed by atoms with E-state index >= 15 is 0 Å². The highest BCUT2D eigenvalue weighted by Gasteiger charge is 2.14. The molecule has 4 rings (SSSR count). The lowest BCUT2D eigenvalue weighted by Gasteiger charge is -2.17. The first kappa shape index (κ1) is 29.1. The number of rotatable bonds is 13. The zero-order valence-electron chi connectivity index (χ0n) is 21.6. The highest BCUT2D eigenvalue weighted by atomic mass is 79.9. The molecule has 3 aromatic carbocycles. The number of sulfone groups is 1. The first-order valence-electron chi connectivity index (χ1n) is 12.5. The van der Waals surface area contributed by atoms with E-state index < -0.39 is 9.84 Å². The predicted molar refractivity (Wildman–Crippen MR) is 160 cm³/mol. The van der Waals surface area contributed by atoms with Gasteiger partial charge in [0.15, 0.2) is 0 Å². The maximum Gasteiger partial charge on any atom is 0.147 e. The van der Waals surface area contributed by atoms with Crippen LogP contribution in [0.1, 0.15) is 23.1 Å². The summed E-state index contributed by atoms with van der Waals surface area (Å²) in [4.78, 5) is 4.15. The quantitative estimate of drug-likeness (QED) is 0.163. The molecule has 0 radical (unpaired) electrons. The molecule has 1 N–H and O–H groups in total. The Morgan fingerprint density at radius 3 is 2.46 bits per heavy atom. The fourth-order valence-electron chi connectivity index (χ4n) is 3.97. The van der Waals surface area contributed by atoms with Crippen molar-refractivity contribution in [3.63, 3.8) is 0 Å². The molecule has 6 nitrogen and oxygen atoms in total. The van der Waals surface area contributed by atoms with Gasteiger partial charge in [-0.3, -0.25) is 4.98 Å². The minimum atomic E-state index is -2.99. The summed E-state index contributed by atoms with van der Waals surface area (Å²) in [6.45, 7) is 1.67. The third-order valence-corrected chi connectivity index (χ3v) is 8.23. The van der Waals surface area contributed by atoms with Crippen molar-refractivity contribution < 1.29 is 17.9 Å². The highest BCUT2D eigenvalue weighted by molar-refractivity contribution is 9.10. The summed E-state index contributed by atoms with van der Waals surface area (Å²) in [5.41, 5.74) is 4.97. The van der Waals surface area contributed by atoms with E-state index in [-0.39, 0.29) is 5.75 Å². The van der Waals surface area contributed by atoms with E-state index in [1.54, 1.807) is 18.5 Å². The van der Waals surface area contributed by atoms with Crippen LogP contribution in [0.4, 0.5) is 0 Å². The number of aromatic nitrogens is 1. The van der Waals surface area contributed by atoms with E-state index in [1.165, 1.54) is 6.26 Å². The van der Waals surface area contributed by atoms with Crippen molar-refractivity contribution >= 4 is 37.4 Å². The van der Waals surface area contributed by atoms with Crippen LogP contribution in [0.3, 0.4) is 0 Å². The van der Waals surface area contributed by atoms with Crippen LogP contribution in [0.5, 0.6) is 11.5 Å². The van der Waals surface area contributed by atoms with Crippen molar-refractivity contribution in [1.29, 1.82) is 0 Å². The Bertz CT molecular complexity index is 1490. The molecule has 0 aliphatic carbocycles. The van der Waals surface area contributed by atoms with E-state index in [4.69, 9.17) is 21.1 Å². The van der Waals surface area contributed by atoms with Gasteiger partial charge in [0, 0.05) is 52.4 Å².